The molecule has 0 saturated heterocycles. The quantitative estimate of drug-likeness (QED) is 0.819. The Morgan fingerprint density at radius 2 is 2.18 bits per heavy atom. The van der Waals surface area contributed by atoms with Crippen LogP contribution in [-0.4, -0.2) is 4.98 Å². The zero-order chi connectivity index (χ0) is 12.3. The third kappa shape index (κ3) is 2.88. The molecular weight excluding hydrogens is 234 g/mol. The predicted molar refractivity (Wildman–Crippen MR) is 72.2 cm³/mol. The van der Waals surface area contributed by atoms with Gasteiger partial charge in [0.25, 0.3) is 0 Å². The minimum absolute atomic E-state index is 0.569. The van der Waals surface area contributed by atoms with Gasteiger partial charge in [0.1, 0.15) is 0 Å². The van der Waals surface area contributed by atoms with Gasteiger partial charge in [-0.3, -0.25) is 4.98 Å². The Hall–Kier alpha value is -1.74. The number of nitrogen functional groups attached to an aromatic ring is 1. The average Bonchev–Trinajstić information content (AvgIpc) is 2.33. The number of anilines is 2. The molecule has 0 amide bonds. The standard InChI is InChI=1S/C13H14ClN3/c1-9-6-12(15)11(14)7-13(9)17-8-10-4-2-3-5-16-10/h2-7,17H,8,15H2,1H3. The lowest BCUT2D eigenvalue weighted by Gasteiger charge is -2.11. The van der Waals surface area contributed by atoms with E-state index in [0.29, 0.717) is 17.3 Å². The number of aromatic nitrogens is 1. The molecule has 3 nitrogen and oxygen atoms in total. The topological polar surface area (TPSA) is 50.9 Å². The molecule has 17 heavy (non-hydrogen) atoms. The van der Waals surface area contributed by atoms with Crippen molar-refractivity contribution < 1.29 is 0 Å². The second kappa shape index (κ2) is 5.06. The summed E-state index contributed by atoms with van der Waals surface area (Å²) in [5, 5.41) is 3.86. The van der Waals surface area contributed by atoms with Gasteiger partial charge in [0.05, 0.1) is 22.9 Å². The molecule has 2 rings (SSSR count). The van der Waals surface area contributed by atoms with Crippen molar-refractivity contribution in [3.05, 3.63) is 52.8 Å². The van der Waals surface area contributed by atoms with E-state index >= 15 is 0 Å². The normalized spacial score (nSPS) is 10.2. The molecule has 2 aromatic rings. The third-order valence-corrected chi connectivity index (χ3v) is 2.86. The van der Waals surface area contributed by atoms with Crippen LogP contribution in [0.4, 0.5) is 11.4 Å². The summed E-state index contributed by atoms with van der Waals surface area (Å²) in [6.45, 7) is 2.66. The minimum atomic E-state index is 0.569. The largest absolute Gasteiger partial charge is 0.398 e. The highest BCUT2D eigenvalue weighted by atomic mass is 35.5. The molecule has 1 aromatic heterocycles. The number of pyridine rings is 1. The van der Waals surface area contributed by atoms with Crippen LogP contribution in [0.3, 0.4) is 0 Å². The van der Waals surface area contributed by atoms with Crippen molar-refractivity contribution in [1.29, 1.82) is 0 Å². The van der Waals surface area contributed by atoms with Crippen LogP contribution in [0.1, 0.15) is 11.3 Å². The summed E-state index contributed by atoms with van der Waals surface area (Å²) < 4.78 is 0. The first-order valence-corrected chi connectivity index (χ1v) is 5.74. The van der Waals surface area contributed by atoms with Gasteiger partial charge < -0.3 is 11.1 Å². The Bertz CT molecular complexity index is 512. The van der Waals surface area contributed by atoms with Gasteiger partial charge in [-0.25, -0.2) is 0 Å². The van der Waals surface area contributed by atoms with Crippen molar-refractivity contribution in [2.45, 2.75) is 13.5 Å². The molecule has 1 aromatic carbocycles. The molecule has 0 radical (unpaired) electrons. The molecule has 0 aliphatic heterocycles. The molecule has 0 spiro atoms. The van der Waals surface area contributed by atoms with Crippen molar-refractivity contribution in [3.63, 3.8) is 0 Å². The summed E-state index contributed by atoms with van der Waals surface area (Å²) >= 11 is 5.99. The first-order valence-electron chi connectivity index (χ1n) is 5.36. The Balaban J connectivity index is 2.12. The molecule has 88 valence electrons. The second-order valence-electron chi connectivity index (χ2n) is 3.86. The Kier molecular flexibility index (Phi) is 3.49. The first kappa shape index (κ1) is 11.7. The minimum Gasteiger partial charge on any atom is -0.398 e. The number of nitrogens with zero attached hydrogens (tertiary/aromatic N) is 1. The molecule has 1 heterocycles. The molecule has 0 aliphatic carbocycles. The van der Waals surface area contributed by atoms with Crippen molar-refractivity contribution in [2.75, 3.05) is 11.1 Å². The van der Waals surface area contributed by atoms with Gasteiger partial charge in [-0.05, 0) is 36.8 Å². The van der Waals surface area contributed by atoms with Crippen LogP contribution < -0.4 is 11.1 Å². The maximum absolute atomic E-state index is 5.99. The van der Waals surface area contributed by atoms with E-state index in [1.165, 1.54) is 0 Å². The maximum atomic E-state index is 5.99. The van der Waals surface area contributed by atoms with Gasteiger partial charge in [-0.1, -0.05) is 17.7 Å². The molecule has 0 bridgehead atoms. The fourth-order valence-corrected chi connectivity index (χ4v) is 1.75. The van der Waals surface area contributed by atoms with E-state index in [1.54, 1.807) is 6.20 Å². The number of hydrogen-bond donors (Lipinski definition) is 2. The van der Waals surface area contributed by atoms with Crippen molar-refractivity contribution >= 4 is 23.0 Å². The first-order chi connectivity index (χ1) is 8.16. The van der Waals surface area contributed by atoms with Gasteiger partial charge in [0, 0.05) is 11.9 Å². The molecule has 3 N–H and O–H groups in total. The summed E-state index contributed by atoms with van der Waals surface area (Å²) in [4.78, 5) is 4.24. The maximum Gasteiger partial charge on any atom is 0.0656 e. The SMILES string of the molecule is Cc1cc(N)c(Cl)cc1NCc1ccccn1. The molecule has 0 fully saturated rings. The van der Waals surface area contributed by atoms with Gasteiger partial charge in [0.15, 0.2) is 0 Å². The summed E-state index contributed by atoms with van der Waals surface area (Å²) in [5.74, 6) is 0. The van der Waals surface area contributed by atoms with Crippen LogP contribution in [-0.2, 0) is 6.54 Å². The molecule has 0 aliphatic rings. The van der Waals surface area contributed by atoms with Gasteiger partial charge in [-0.15, -0.1) is 0 Å². The highest BCUT2D eigenvalue weighted by molar-refractivity contribution is 6.33. The number of nitrogens with two attached hydrogens (primary N) is 1. The summed E-state index contributed by atoms with van der Waals surface area (Å²) in [6, 6.07) is 9.54. The lowest BCUT2D eigenvalue weighted by Crippen LogP contribution is -2.03. The number of nitrogens with one attached hydrogen (secondary N) is 1. The van der Waals surface area contributed by atoms with E-state index in [-0.39, 0.29) is 0 Å². The lowest BCUT2D eigenvalue weighted by atomic mass is 10.1. The number of benzene rings is 1. The smallest absolute Gasteiger partial charge is 0.0656 e. The fourth-order valence-electron chi connectivity index (χ4n) is 1.58. The number of hydrogen-bond acceptors (Lipinski definition) is 3. The summed E-state index contributed by atoms with van der Waals surface area (Å²) in [7, 11) is 0. The zero-order valence-corrected chi connectivity index (χ0v) is 10.3. The van der Waals surface area contributed by atoms with Crippen LogP contribution in [0.25, 0.3) is 0 Å². The fraction of sp³-hybridized carbons (Fsp3) is 0.154. The lowest BCUT2D eigenvalue weighted by molar-refractivity contribution is 1.04. The Morgan fingerprint density at radius 3 is 2.88 bits per heavy atom. The zero-order valence-electron chi connectivity index (χ0n) is 9.57. The number of halogens is 1. The van der Waals surface area contributed by atoms with E-state index in [9.17, 15) is 0 Å². The van der Waals surface area contributed by atoms with Crippen LogP contribution >= 0.6 is 11.6 Å². The van der Waals surface area contributed by atoms with Crippen molar-refractivity contribution in [1.82, 2.24) is 4.98 Å². The van der Waals surface area contributed by atoms with E-state index in [4.69, 9.17) is 17.3 Å². The van der Waals surface area contributed by atoms with Crippen molar-refractivity contribution in [3.8, 4) is 0 Å². The van der Waals surface area contributed by atoms with Crippen molar-refractivity contribution in [2.24, 2.45) is 0 Å². The third-order valence-electron chi connectivity index (χ3n) is 2.53. The molecule has 0 unspecified atom stereocenters. The van der Waals surface area contributed by atoms with Crippen LogP contribution in [0.5, 0.6) is 0 Å². The predicted octanol–water partition coefficient (Wildman–Crippen LogP) is 3.24. The van der Waals surface area contributed by atoms with Gasteiger partial charge in [0.2, 0.25) is 0 Å². The van der Waals surface area contributed by atoms with Crippen LogP contribution in [0.2, 0.25) is 5.02 Å². The van der Waals surface area contributed by atoms with E-state index in [0.717, 1.165) is 16.9 Å². The van der Waals surface area contributed by atoms with Gasteiger partial charge >= 0.3 is 0 Å². The van der Waals surface area contributed by atoms with Gasteiger partial charge in [-0.2, -0.15) is 0 Å². The number of rotatable bonds is 3. The van der Waals surface area contributed by atoms with E-state index in [1.807, 2.05) is 37.3 Å². The molecule has 0 atom stereocenters. The summed E-state index contributed by atoms with van der Waals surface area (Å²) in [5.41, 5.74) is 9.37. The second-order valence-corrected chi connectivity index (χ2v) is 4.27. The Morgan fingerprint density at radius 1 is 1.35 bits per heavy atom. The monoisotopic (exact) mass is 247 g/mol. The Labute approximate surface area is 106 Å². The van der Waals surface area contributed by atoms with E-state index in [2.05, 4.69) is 10.3 Å². The number of aryl methyl sites for hydroxylation is 1. The summed E-state index contributed by atoms with van der Waals surface area (Å²) in [6.07, 6.45) is 1.78. The highest BCUT2D eigenvalue weighted by Crippen LogP contribution is 2.26. The average molecular weight is 248 g/mol. The van der Waals surface area contributed by atoms with Crippen LogP contribution in [0.15, 0.2) is 36.5 Å². The molecule has 0 saturated carbocycles. The van der Waals surface area contributed by atoms with E-state index < -0.39 is 0 Å². The molecular formula is C13H14ClN3. The molecule has 4 heteroatoms. The van der Waals surface area contributed by atoms with Crippen LogP contribution in [0, 0.1) is 6.92 Å². The highest BCUT2D eigenvalue weighted by Gasteiger charge is 2.03.